The van der Waals surface area contributed by atoms with Gasteiger partial charge in [0.05, 0.1) is 10.6 Å². The summed E-state index contributed by atoms with van der Waals surface area (Å²) in [5, 5.41) is 0. The molecular formula is C12H18ClNO4S2. The fourth-order valence-corrected chi connectivity index (χ4v) is 3.68. The highest BCUT2D eigenvalue weighted by molar-refractivity contribution is 8.13. The summed E-state index contributed by atoms with van der Waals surface area (Å²) in [4.78, 5) is -0.0944. The summed E-state index contributed by atoms with van der Waals surface area (Å²) in [7, 11) is -0.538. The van der Waals surface area contributed by atoms with Crippen molar-refractivity contribution >= 4 is 29.8 Å². The first-order valence-corrected chi connectivity index (χ1v) is 10.1. The van der Waals surface area contributed by atoms with E-state index in [4.69, 9.17) is 10.7 Å². The SMILES string of the molecule is CCCCN(C)S(=O)(=O)Cc1cccc(S(=O)(=O)Cl)c1. The minimum Gasteiger partial charge on any atom is -0.212 e. The van der Waals surface area contributed by atoms with Crippen molar-refractivity contribution in [3.05, 3.63) is 29.8 Å². The molecule has 0 spiro atoms. The molecule has 0 radical (unpaired) electrons. The van der Waals surface area contributed by atoms with E-state index in [2.05, 4.69) is 0 Å². The topological polar surface area (TPSA) is 71.5 Å². The molecule has 0 aliphatic rings. The molecule has 0 atom stereocenters. The molecule has 1 rings (SSSR count). The molecule has 0 fully saturated rings. The van der Waals surface area contributed by atoms with Crippen molar-refractivity contribution in [3.8, 4) is 0 Å². The third-order valence-corrected chi connectivity index (χ3v) is 6.01. The van der Waals surface area contributed by atoms with E-state index in [1.807, 2.05) is 6.92 Å². The van der Waals surface area contributed by atoms with E-state index in [1.54, 1.807) is 6.07 Å². The number of unbranched alkanes of at least 4 members (excludes halogenated alkanes) is 1. The van der Waals surface area contributed by atoms with Crippen LogP contribution in [0.15, 0.2) is 29.2 Å². The van der Waals surface area contributed by atoms with E-state index in [0.717, 1.165) is 12.8 Å². The second-order valence-electron chi connectivity index (χ2n) is 4.52. The number of hydrogen-bond acceptors (Lipinski definition) is 4. The van der Waals surface area contributed by atoms with Crippen LogP contribution in [0.5, 0.6) is 0 Å². The third kappa shape index (κ3) is 5.05. The Morgan fingerprint density at radius 3 is 2.40 bits per heavy atom. The molecule has 0 unspecified atom stereocenters. The van der Waals surface area contributed by atoms with Crippen molar-refractivity contribution in [2.45, 2.75) is 30.4 Å². The molecule has 0 heterocycles. The van der Waals surface area contributed by atoms with Gasteiger partial charge in [-0.1, -0.05) is 25.5 Å². The van der Waals surface area contributed by atoms with Crippen LogP contribution < -0.4 is 0 Å². The molecule has 0 saturated heterocycles. The number of halogens is 1. The zero-order valence-electron chi connectivity index (χ0n) is 11.4. The minimum absolute atomic E-state index is 0.0944. The third-order valence-electron chi connectivity index (χ3n) is 2.83. The van der Waals surface area contributed by atoms with Crippen molar-refractivity contribution in [1.82, 2.24) is 4.31 Å². The predicted octanol–water partition coefficient (Wildman–Crippen LogP) is 2.18. The lowest BCUT2D eigenvalue weighted by atomic mass is 10.2. The van der Waals surface area contributed by atoms with Gasteiger partial charge < -0.3 is 0 Å². The maximum absolute atomic E-state index is 12.1. The van der Waals surface area contributed by atoms with E-state index >= 15 is 0 Å². The molecule has 0 aromatic heterocycles. The number of sulfonamides is 1. The summed E-state index contributed by atoms with van der Waals surface area (Å²) in [5.74, 6) is -0.243. The second-order valence-corrected chi connectivity index (χ2v) is 9.16. The fraction of sp³-hybridized carbons (Fsp3) is 0.500. The summed E-state index contributed by atoms with van der Waals surface area (Å²) in [6.07, 6.45) is 1.69. The van der Waals surface area contributed by atoms with Crippen LogP contribution in [0.2, 0.25) is 0 Å². The number of hydrogen-bond donors (Lipinski definition) is 0. The second kappa shape index (κ2) is 6.89. The fourth-order valence-electron chi connectivity index (χ4n) is 1.63. The molecule has 114 valence electrons. The van der Waals surface area contributed by atoms with E-state index in [0.29, 0.717) is 12.1 Å². The van der Waals surface area contributed by atoms with Gasteiger partial charge in [0.15, 0.2) is 0 Å². The zero-order valence-corrected chi connectivity index (χ0v) is 13.8. The van der Waals surface area contributed by atoms with Crippen LogP contribution >= 0.6 is 10.7 Å². The van der Waals surface area contributed by atoms with Crippen molar-refractivity contribution in [2.24, 2.45) is 0 Å². The molecule has 5 nitrogen and oxygen atoms in total. The smallest absolute Gasteiger partial charge is 0.212 e. The zero-order chi connectivity index (χ0) is 15.4. The first-order chi connectivity index (χ1) is 9.16. The molecular weight excluding hydrogens is 322 g/mol. The van der Waals surface area contributed by atoms with Gasteiger partial charge >= 0.3 is 0 Å². The maximum Gasteiger partial charge on any atom is 0.261 e. The summed E-state index contributed by atoms with van der Waals surface area (Å²) in [6.45, 7) is 2.43. The molecule has 0 amide bonds. The van der Waals surface area contributed by atoms with Gasteiger partial charge in [0.1, 0.15) is 0 Å². The number of benzene rings is 1. The number of rotatable bonds is 7. The molecule has 20 heavy (non-hydrogen) atoms. The van der Waals surface area contributed by atoms with Crippen molar-refractivity contribution in [2.75, 3.05) is 13.6 Å². The summed E-state index contributed by atoms with van der Waals surface area (Å²) < 4.78 is 48.0. The normalized spacial score (nSPS) is 12.8. The Hall–Kier alpha value is -0.630. The number of nitrogens with zero attached hydrogens (tertiary/aromatic N) is 1. The Morgan fingerprint density at radius 2 is 1.85 bits per heavy atom. The van der Waals surface area contributed by atoms with Crippen LogP contribution in [0.1, 0.15) is 25.3 Å². The van der Waals surface area contributed by atoms with E-state index in [9.17, 15) is 16.8 Å². The average molecular weight is 340 g/mol. The Labute approximate surface area is 125 Å². The van der Waals surface area contributed by atoms with E-state index in [-0.39, 0.29) is 10.6 Å². The standard InChI is InChI=1S/C12H18ClNO4S2/c1-3-4-8-14(2)19(15,16)10-11-6-5-7-12(9-11)20(13,17)18/h5-7,9H,3-4,8,10H2,1-2H3. The van der Waals surface area contributed by atoms with Gasteiger partial charge in [-0.2, -0.15) is 0 Å². The molecule has 1 aromatic carbocycles. The minimum atomic E-state index is -3.85. The van der Waals surface area contributed by atoms with Gasteiger partial charge in [0, 0.05) is 24.3 Å². The first kappa shape index (κ1) is 17.4. The Kier molecular flexibility index (Phi) is 6.00. The van der Waals surface area contributed by atoms with Crippen LogP contribution in [0.4, 0.5) is 0 Å². The highest BCUT2D eigenvalue weighted by Crippen LogP contribution is 2.18. The van der Waals surface area contributed by atoms with Gasteiger partial charge in [0.2, 0.25) is 10.0 Å². The molecule has 0 aliphatic carbocycles. The molecule has 0 bridgehead atoms. The monoisotopic (exact) mass is 339 g/mol. The van der Waals surface area contributed by atoms with Crippen molar-refractivity contribution in [1.29, 1.82) is 0 Å². The maximum atomic E-state index is 12.1. The lowest BCUT2D eigenvalue weighted by Crippen LogP contribution is -2.29. The lowest BCUT2D eigenvalue weighted by Gasteiger charge is -2.16. The highest BCUT2D eigenvalue weighted by Gasteiger charge is 2.19. The summed E-state index contributed by atoms with van der Waals surface area (Å²) in [5.41, 5.74) is 0.398. The largest absolute Gasteiger partial charge is 0.261 e. The van der Waals surface area contributed by atoms with Gasteiger partial charge in [-0.3, -0.25) is 0 Å². The average Bonchev–Trinajstić information content (AvgIpc) is 2.34. The van der Waals surface area contributed by atoms with Gasteiger partial charge in [0.25, 0.3) is 9.05 Å². The summed E-state index contributed by atoms with van der Waals surface area (Å²) in [6, 6.07) is 5.66. The molecule has 0 saturated carbocycles. The summed E-state index contributed by atoms with van der Waals surface area (Å²) >= 11 is 0. The van der Waals surface area contributed by atoms with Gasteiger partial charge in [-0.05, 0) is 24.1 Å². The van der Waals surface area contributed by atoms with Crippen LogP contribution in [-0.4, -0.2) is 34.7 Å². The molecule has 8 heteroatoms. The Bertz CT molecular complexity index is 656. The van der Waals surface area contributed by atoms with E-state index in [1.165, 1.54) is 29.6 Å². The van der Waals surface area contributed by atoms with Crippen LogP contribution in [0.3, 0.4) is 0 Å². The molecule has 0 N–H and O–H groups in total. The Balaban J connectivity index is 2.93. The first-order valence-electron chi connectivity index (χ1n) is 6.14. The molecule has 0 aliphatic heterocycles. The lowest BCUT2D eigenvalue weighted by molar-refractivity contribution is 0.458. The Morgan fingerprint density at radius 1 is 1.20 bits per heavy atom. The highest BCUT2D eigenvalue weighted by atomic mass is 35.7. The van der Waals surface area contributed by atoms with Crippen molar-refractivity contribution < 1.29 is 16.8 Å². The van der Waals surface area contributed by atoms with E-state index < -0.39 is 19.1 Å². The van der Waals surface area contributed by atoms with Crippen molar-refractivity contribution in [3.63, 3.8) is 0 Å². The molecule has 1 aromatic rings. The van der Waals surface area contributed by atoms with Gasteiger partial charge in [-0.25, -0.2) is 21.1 Å². The van der Waals surface area contributed by atoms with Crippen LogP contribution in [0, 0.1) is 0 Å². The quantitative estimate of drug-likeness (QED) is 0.714. The van der Waals surface area contributed by atoms with Crippen LogP contribution in [-0.2, 0) is 24.8 Å². The van der Waals surface area contributed by atoms with Crippen LogP contribution in [0.25, 0.3) is 0 Å². The predicted molar refractivity (Wildman–Crippen MR) is 79.6 cm³/mol. The van der Waals surface area contributed by atoms with Gasteiger partial charge in [-0.15, -0.1) is 0 Å².